The Kier molecular flexibility index (Phi) is 2.30. The molecular formula is C6H5F3OSi. The first kappa shape index (κ1) is 8.29. The lowest BCUT2D eigenvalue weighted by Crippen LogP contribution is -2.20. The third-order valence-corrected chi connectivity index (χ3v) is 2.17. The molecule has 0 aliphatic heterocycles. The van der Waals surface area contributed by atoms with Crippen LogP contribution in [0.25, 0.3) is 0 Å². The van der Waals surface area contributed by atoms with E-state index in [1.807, 2.05) is 0 Å². The SMILES string of the molecule is O[SiH2]c1ccc(F)c(F)c1F. The molecule has 1 nitrogen and oxygen atoms in total. The van der Waals surface area contributed by atoms with Crippen molar-refractivity contribution in [2.45, 2.75) is 0 Å². The second-order valence-electron chi connectivity index (χ2n) is 1.99. The van der Waals surface area contributed by atoms with Crippen molar-refractivity contribution in [1.29, 1.82) is 0 Å². The van der Waals surface area contributed by atoms with Gasteiger partial charge in [0.15, 0.2) is 27.2 Å². The van der Waals surface area contributed by atoms with Crippen LogP contribution in [0.3, 0.4) is 0 Å². The average Bonchev–Trinajstić information content (AvgIpc) is 2.01. The third-order valence-electron chi connectivity index (χ3n) is 1.29. The molecule has 1 rings (SSSR count). The fraction of sp³-hybridized carbons (Fsp3) is 0. The third kappa shape index (κ3) is 1.43. The highest BCUT2D eigenvalue weighted by molar-refractivity contribution is 6.45. The molecule has 0 amide bonds. The van der Waals surface area contributed by atoms with Gasteiger partial charge in [-0.1, -0.05) is 6.07 Å². The summed E-state index contributed by atoms with van der Waals surface area (Å²) in [7, 11) is -1.76. The summed E-state index contributed by atoms with van der Waals surface area (Å²) < 4.78 is 37.1. The van der Waals surface area contributed by atoms with Crippen LogP contribution in [0, 0.1) is 17.5 Å². The standard InChI is InChI=1S/C6H5F3OSi/c7-3-1-2-4(11-10)6(9)5(3)8/h1-2,10H,11H2. The maximum atomic E-state index is 12.5. The van der Waals surface area contributed by atoms with Gasteiger partial charge in [-0.3, -0.25) is 0 Å². The monoisotopic (exact) mass is 178 g/mol. The molecular weight excluding hydrogens is 173 g/mol. The number of hydrogen-bond donors (Lipinski definition) is 1. The van der Waals surface area contributed by atoms with E-state index in [1.165, 1.54) is 0 Å². The lowest BCUT2D eigenvalue weighted by Gasteiger charge is -1.98. The van der Waals surface area contributed by atoms with Gasteiger partial charge in [0.2, 0.25) is 0 Å². The van der Waals surface area contributed by atoms with Crippen LogP contribution in [0.1, 0.15) is 0 Å². The zero-order valence-electron chi connectivity index (χ0n) is 5.44. The molecule has 0 aliphatic carbocycles. The summed E-state index contributed by atoms with van der Waals surface area (Å²) in [5, 5.41) is -0.107. The first-order chi connectivity index (χ1) is 5.16. The van der Waals surface area contributed by atoms with Gasteiger partial charge in [-0.25, -0.2) is 13.2 Å². The highest BCUT2D eigenvalue weighted by Crippen LogP contribution is 2.06. The quantitative estimate of drug-likeness (QED) is 0.466. The molecule has 11 heavy (non-hydrogen) atoms. The fourth-order valence-corrected chi connectivity index (χ4v) is 1.21. The van der Waals surface area contributed by atoms with E-state index >= 15 is 0 Å². The van der Waals surface area contributed by atoms with E-state index in [4.69, 9.17) is 4.80 Å². The molecule has 0 spiro atoms. The van der Waals surface area contributed by atoms with Gasteiger partial charge < -0.3 is 4.80 Å². The minimum atomic E-state index is -1.76. The molecule has 0 saturated heterocycles. The fourth-order valence-electron chi connectivity index (χ4n) is 0.688. The summed E-state index contributed by atoms with van der Waals surface area (Å²) in [6.45, 7) is 0. The van der Waals surface area contributed by atoms with Crippen molar-refractivity contribution in [2.75, 3.05) is 0 Å². The van der Waals surface area contributed by atoms with Gasteiger partial charge in [0, 0.05) is 5.19 Å². The summed E-state index contributed by atoms with van der Waals surface area (Å²) in [6.07, 6.45) is 0. The first-order valence-electron chi connectivity index (χ1n) is 2.90. The Labute approximate surface area is 63.4 Å². The summed E-state index contributed by atoms with van der Waals surface area (Å²) in [4.78, 5) is 8.54. The van der Waals surface area contributed by atoms with Crippen LogP contribution < -0.4 is 5.19 Å². The molecule has 1 N–H and O–H groups in total. The Hall–Kier alpha value is -0.813. The normalized spacial score (nSPS) is 11.3. The van der Waals surface area contributed by atoms with Crippen molar-refractivity contribution in [3.05, 3.63) is 29.6 Å². The second-order valence-corrected chi connectivity index (χ2v) is 3.07. The minimum Gasteiger partial charge on any atom is -0.433 e. The summed E-state index contributed by atoms with van der Waals surface area (Å²) in [5.41, 5.74) is 0. The second kappa shape index (κ2) is 3.06. The van der Waals surface area contributed by atoms with Gasteiger partial charge in [0.25, 0.3) is 0 Å². The van der Waals surface area contributed by atoms with Crippen LogP contribution >= 0.6 is 0 Å². The molecule has 5 heteroatoms. The molecule has 0 fully saturated rings. The average molecular weight is 178 g/mol. The smallest absolute Gasteiger partial charge is 0.194 e. The van der Waals surface area contributed by atoms with Gasteiger partial charge in [-0.2, -0.15) is 0 Å². The van der Waals surface area contributed by atoms with Crippen LogP contribution in [0.4, 0.5) is 13.2 Å². The maximum Gasteiger partial charge on any atom is 0.194 e. The van der Waals surface area contributed by atoms with E-state index in [0.717, 1.165) is 12.1 Å². The van der Waals surface area contributed by atoms with Crippen LogP contribution in [0.15, 0.2) is 12.1 Å². The Morgan fingerprint density at radius 2 is 1.73 bits per heavy atom. The van der Waals surface area contributed by atoms with Gasteiger partial charge >= 0.3 is 0 Å². The first-order valence-corrected chi connectivity index (χ1v) is 4.24. The molecule has 0 atom stereocenters. The Morgan fingerprint density at radius 3 is 2.27 bits per heavy atom. The van der Waals surface area contributed by atoms with Crippen molar-refractivity contribution >= 4 is 14.9 Å². The van der Waals surface area contributed by atoms with Crippen molar-refractivity contribution in [1.82, 2.24) is 0 Å². The van der Waals surface area contributed by atoms with Crippen LogP contribution in [-0.4, -0.2) is 14.6 Å². The molecule has 1 aromatic carbocycles. The molecule has 0 aliphatic rings. The van der Waals surface area contributed by atoms with Gasteiger partial charge in [0.1, 0.15) is 0 Å². The minimum absolute atomic E-state index is 0.107. The lowest BCUT2D eigenvalue weighted by atomic mass is 10.3. The zero-order chi connectivity index (χ0) is 8.43. The topological polar surface area (TPSA) is 20.2 Å². The summed E-state index contributed by atoms with van der Waals surface area (Å²) >= 11 is 0. The van der Waals surface area contributed by atoms with Gasteiger partial charge in [-0.05, 0) is 6.07 Å². The van der Waals surface area contributed by atoms with Crippen molar-refractivity contribution < 1.29 is 18.0 Å². The van der Waals surface area contributed by atoms with E-state index in [0.29, 0.717) is 0 Å². The van der Waals surface area contributed by atoms with E-state index in [9.17, 15) is 13.2 Å². The van der Waals surface area contributed by atoms with E-state index in [-0.39, 0.29) is 5.19 Å². The van der Waals surface area contributed by atoms with Crippen molar-refractivity contribution in [2.24, 2.45) is 0 Å². The summed E-state index contributed by atoms with van der Waals surface area (Å²) in [6, 6.07) is 1.86. The lowest BCUT2D eigenvalue weighted by molar-refractivity contribution is 0.449. The van der Waals surface area contributed by atoms with Crippen LogP contribution in [-0.2, 0) is 0 Å². The highest BCUT2D eigenvalue weighted by atomic mass is 28.2. The molecule has 0 bridgehead atoms. The van der Waals surface area contributed by atoms with Crippen molar-refractivity contribution in [3.63, 3.8) is 0 Å². The zero-order valence-corrected chi connectivity index (χ0v) is 6.86. The van der Waals surface area contributed by atoms with Crippen molar-refractivity contribution in [3.8, 4) is 0 Å². The number of rotatable bonds is 1. The molecule has 0 aromatic heterocycles. The summed E-state index contributed by atoms with van der Waals surface area (Å²) in [5.74, 6) is -4.00. The highest BCUT2D eigenvalue weighted by Gasteiger charge is 2.11. The number of benzene rings is 1. The van der Waals surface area contributed by atoms with E-state index in [1.54, 1.807) is 0 Å². The largest absolute Gasteiger partial charge is 0.433 e. The maximum absolute atomic E-state index is 12.5. The molecule has 1 aromatic rings. The Morgan fingerprint density at radius 1 is 1.09 bits per heavy atom. The molecule has 0 radical (unpaired) electrons. The number of hydrogen-bond acceptors (Lipinski definition) is 1. The van der Waals surface area contributed by atoms with Crippen LogP contribution in [0.5, 0.6) is 0 Å². The number of halogens is 3. The molecule has 60 valence electrons. The van der Waals surface area contributed by atoms with Gasteiger partial charge in [0.05, 0.1) is 0 Å². The molecule has 0 heterocycles. The van der Waals surface area contributed by atoms with Gasteiger partial charge in [-0.15, -0.1) is 0 Å². The molecule has 0 saturated carbocycles. The van der Waals surface area contributed by atoms with Crippen LogP contribution in [0.2, 0.25) is 0 Å². The van der Waals surface area contributed by atoms with E-state index < -0.39 is 27.2 Å². The Bertz CT molecular complexity index is 277. The molecule has 0 unspecified atom stereocenters. The predicted octanol–water partition coefficient (Wildman–Crippen LogP) is -0.195. The predicted molar refractivity (Wildman–Crippen MR) is 36.7 cm³/mol. The van der Waals surface area contributed by atoms with E-state index in [2.05, 4.69) is 0 Å². The Balaban J connectivity index is 3.25.